The van der Waals surface area contributed by atoms with E-state index in [9.17, 15) is 9.90 Å². The van der Waals surface area contributed by atoms with Crippen LogP contribution < -0.4 is 5.56 Å². The van der Waals surface area contributed by atoms with Gasteiger partial charge in [0.25, 0.3) is 5.56 Å². The maximum absolute atomic E-state index is 13.2. The summed E-state index contributed by atoms with van der Waals surface area (Å²) in [6.07, 6.45) is 3.50. The van der Waals surface area contributed by atoms with Gasteiger partial charge >= 0.3 is 0 Å². The third-order valence-electron chi connectivity index (χ3n) is 4.46. The molecule has 0 bridgehead atoms. The van der Waals surface area contributed by atoms with Gasteiger partial charge in [0.2, 0.25) is 0 Å². The van der Waals surface area contributed by atoms with Crippen LogP contribution in [0.1, 0.15) is 17.0 Å². The van der Waals surface area contributed by atoms with Crippen molar-refractivity contribution < 1.29 is 5.11 Å². The second-order valence-electron chi connectivity index (χ2n) is 6.50. The fourth-order valence-corrected chi connectivity index (χ4v) is 3.48. The number of aryl methyl sites for hydroxylation is 1. The summed E-state index contributed by atoms with van der Waals surface area (Å²) in [5.41, 5.74) is 2.94. The molecule has 5 heteroatoms. The first-order valence-corrected chi connectivity index (χ1v) is 9.58. The lowest BCUT2D eigenvalue weighted by Crippen LogP contribution is -2.22. The topological polar surface area (TPSA) is 55.1 Å². The van der Waals surface area contributed by atoms with Crippen molar-refractivity contribution in [3.05, 3.63) is 98.5 Å². The second-order valence-corrected chi connectivity index (χ2v) is 7.42. The molecular formula is C23H17BrN2O2. The lowest BCUT2D eigenvalue weighted by molar-refractivity contribution is 0.474. The average molecular weight is 433 g/mol. The van der Waals surface area contributed by atoms with Gasteiger partial charge < -0.3 is 5.11 Å². The summed E-state index contributed by atoms with van der Waals surface area (Å²) >= 11 is 3.41. The minimum Gasteiger partial charge on any atom is -0.507 e. The molecule has 4 aromatic rings. The van der Waals surface area contributed by atoms with Crippen LogP contribution in [0.2, 0.25) is 0 Å². The van der Waals surface area contributed by atoms with Crippen molar-refractivity contribution in [3.63, 3.8) is 0 Å². The van der Waals surface area contributed by atoms with Gasteiger partial charge in [0.15, 0.2) is 0 Å². The van der Waals surface area contributed by atoms with Crippen LogP contribution in [-0.4, -0.2) is 14.7 Å². The first-order chi connectivity index (χ1) is 13.5. The third kappa shape index (κ3) is 3.49. The van der Waals surface area contributed by atoms with E-state index in [1.165, 1.54) is 0 Å². The average Bonchev–Trinajstić information content (AvgIpc) is 2.69. The van der Waals surface area contributed by atoms with E-state index < -0.39 is 0 Å². The van der Waals surface area contributed by atoms with Gasteiger partial charge in [0.1, 0.15) is 11.6 Å². The number of nitrogens with zero attached hydrogens (tertiary/aromatic N) is 2. The van der Waals surface area contributed by atoms with Crippen molar-refractivity contribution in [3.8, 4) is 11.4 Å². The minimum atomic E-state index is -0.130. The maximum atomic E-state index is 13.2. The van der Waals surface area contributed by atoms with Gasteiger partial charge in [-0.3, -0.25) is 9.36 Å². The maximum Gasteiger partial charge on any atom is 0.266 e. The van der Waals surface area contributed by atoms with Crippen molar-refractivity contribution >= 4 is 39.0 Å². The van der Waals surface area contributed by atoms with Crippen LogP contribution in [0.15, 0.2) is 76.0 Å². The monoisotopic (exact) mass is 432 g/mol. The highest BCUT2D eigenvalue weighted by atomic mass is 79.9. The summed E-state index contributed by atoms with van der Waals surface area (Å²) in [5.74, 6) is 0.651. The molecule has 0 aliphatic heterocycles. The molecule has 1 N–H and O–H groups in total. The summed E-state index contributed by atoms with van der Waals surface area (Å²) in [6.45, 7) is 1.98. The van der Waals surface area contributed by atoms with Crippen molar-refractivity contribution in [2.75, 3.05) is 0 Å². The Bertz CT molecular complexity index is 1280. The number of aromatic nitrogens is 2. The Morgan fingerprint density at radius 3 is 2.64 bits per heavy atom. The zero-order valence-corrected chi connectivity index (χ0v) is 16.7. The van der Waals surface area contributed by atoms with Crippen LogP contribution in [0.5, 0.6) is 5.75 Å². The molecule has 0 unspecified atom stereocenters. The van der Waals surface area contributed by atoms with Gasteiger partial charge in [0.05, 0.1) is 16.6 Å². The molecule has 1 heterocycles. The van der Waals surface area contributed by atoms with E-state index in [-0.39, 0.29) is 11.3 Å². The predicted molar refractivity (Wildman–Crippen MR) is 117 cm³/mol. The Kier molecular flexibility index (Phi) is 4.84. The molecule has 0 atom stereocenters. The van der Waals surface area contributed by atoms with Crippen molar-refractivity contribution in [1.82, 2.24) is 9.55 Å². The second kappa shape index (κ2) is 7.44. The largest absolute Gasteiger partial charge is 0.507 e. The minimum absolute atomic E-state index is 0.130. The molecule has 0 amide bonds. The summed E-state index contributed by atoms with van der Waals surface area (Å²) in [5, 5.41) is 10.7. The van der Waals surface area contributed by atoms with Gasteiger partial charge in [-0.2, -0.15) is 0 Å². The number of benzene rings is 3. The van der Waals surface area contributed by atoms with Gasteiger partial charge in [-0.15, -0.1) is 0 Å². The van der Waals surface area contributed by atoms with Crippen LogP contribution >= 0.6 is 15.9 Å². The zero-order valence-electron chi connectivity index (χ0n) is 15.1. The smallest absolute Gasteiger partial charge is 0.266 e. The Hall–Kier alpha value is -3.18. The highest BCUT2D eigenvalue weighted by molar-refractivity contribution is 9.10. The highest BCUT2D eigenvalue weighted by Crippen LogP contribution is 2.24. The number of fused-ring (bicyclic) bond motifs is 1. The molecule has 0 aliphatic carbocycles. The normalized spacial score (nSPS) is 11.4. The zero-order chi connectivity index (χ0) is 19.7. The molecule has 0 fully saturated rings. The van der Waals surface area contributed by atoms with E-state index in [2.05, 4.69) is 15.9 Å². The number of phenolic OH excluding ortho intramolecular Hbond substituents is 1. The fraction of sp³-hybridized carbons (Fsp3) is 0.0435. The molecule has 0 saturated carbocycles. The van der Waals surface area contributed by atoms with Crippen LogP contribution in [0.3, 0.4) is 0 Å². The molecular weight excluding hydrogens is 416 g/mol. The van der Waals surface area contributed by atoms with Crippen molar-refractivity contribution in [2.45, 2.75) is 6.92 Å². The van der Waals surface area contributed by atoms with Crippen LogP contribution in [0, 0.1) is 6.92 Å². The van der Waals surface area contributed by atoms with Gasteiger partial charge in [-0.25, -0.2) is 4.98 Å². The quantitative estimate of drug-likeness (QED) is 0.475. The summed E-state index contributed by atoms with van der Waals surface area (Å²) in [4.78, 5) is 17.9. The van der Waals surface area contributed by atoms with Crippen molar-refractivity contribution in [1.29, 1.82) is 0 Å². The standard InChI is InChI=1S/C23H17BrN2O2/c1-15-5-4-6-18(13-15)26-22(12-9-16-14-17(24)10-11-21(16)27)25-20-8-3-2-7-19(20)23(26)28/h2-14,27H,1H3/b12-9+. The molecule has 0 aliphatic rings. The Morgan fingerprint density at radius 2 is 1.82 bits per heavy atom. The van der Waals surface area contributed by atoms with Gasteiger partial charge in [0, 0.05) is 10.0 Å². The molecule has 0 radical (unpaired) electrons. The Morgan fingerprint density at radius 1 is 1.00 bits per heavy atom. The van der Waals surface area contributed by atoms with E-state index in [1.807, 2.05) is 55.5 Å². The van der Waals surface area contributed by atoms with Crippen molar-refractivity contribution in [2.24, 2.45) is 0 Å². The number of para-hydroxylation sites is 1. The van der Waals surface area contributed by atoms with E-state index in [0.29, 0.717) is 22.3 Å². The number of hydrogen-bond donors (Lipinski definition) is 1. The molecule has 138 valence electrons. The third-order valence-corrected chi connectivity index (χ3v) is 4.96. The summed E-state index contributed by atoms with van der Waals surface area (Å²) in [6, 6.07) is 20.2. The number of halogens is 1. The van der Waals surface area contributed by atoms with E-state index in [4.69, 9.17) is 4.98 Å². The van der Waals surface area contributed by atoms with Gasteiger partial charge in [-0.05, 0) is 67.1 Å². The van der Waals surface area contributed by atoms with Crippen LogP contribution in [-0.2, 0) is 0 Å². The summed E-state index contributed by atoms with van der Waals surface area (Å²) < 4.78 is 2.45. The number of hydrogen-bond acceptors (Lipinski definition) is 3. The first kappa shape index (κ1) is 18.2. The first-order valence-electron chi connectivity index (χ1n) is 8.78. The van der Waals surface area contributed by atoms with Gasteiger partial charge in [-0.1, -0.05) is 40.2 Å². The lowest BCUT2D eigenvalue weighted by Gasteiger charge is -2.12. The Balaban J connectivity index is 1.96. The SMILES string of the molecule is Cc1cccc(-n2c(/C=C/c3cc(Br)ccc3O)nc3ccccc3c2=O)c1. The number of rotatable bonds is 3. The number of aromatic hydroxyl groups is 1. The molecule has 0 spiro atoms. The van der Waals surface area contributed by atoms with E-state index >= 15 is 0 Å². The molecule has 3 aromatic carbocycles. The molecule has 0 saturated heterocycles. The predicted octanol–water partition coefficient (Wildman–Crippen LogP) is 5.33. The van der Waals surface area contributed by atoms with E-state index in [0.717, 1.165) is 15.7 Å². The number of phenols is 1. The molecule has 1 aromatic heterocycles. The summed E-state index contributed by atoms with van der Waals surface area (Å²) in [7, 11) is 0. The Labute approximate surface area is 170 Å². The van der Waals surface area contributed by atoms with E-state index in [1.54, 1.807) is 34.9 Å². The lowest BCUT2D eigenvalue weighted by atomic mass is 10.1. The van der Waals surface area contributed by atoms with Crippen LogP contribution in [0.4, 0.5) is 0 Å². The van der Waals surface area contributed by atoms with Crippen LogP contribution in [0.25, 0.3) is 28.7 Å². The fourth-order valence-electron chi connectivity index (χ4n) is 3.10. The molecule has 28 heavy (non-hydrogen) atoms. The molecule has 4 rings (SSSR count). The molecule has 4 nitrogen and oxygen atoms in total. The highest BCUT2D eigenvalue weighted by Gasteiger charge is 2.11.